The van der Waals surface area contributed by atoms with Crippen LogP contribution in [0, 0.1) is 0 Å². The standard InChI is InChI=1S/C124H71N5S2/c1-3-26-93(27-4-1)124(94-28-5-2-6-29-94)108-34-16-15-32-101(108)118-97(33-17-35-109(118)124)74-38-36-72(37-39-74)95-52-53-96(73-40-44-76(45-41-73)112-70-106-104-61-80-21-9-11-23-82(80)68-116(104)130-120(106)122-126-110-64-89-55-78-19-7-8-20-79(78)56-91(89)66-114(110)128(112)122)103-60-86(50-51-99(95)103)84-48-49-85-58-92-67-115-111(65-90(92)59-88(85)57-84)127-123-121-107(105-62-81-22-10-12-24-83(81)69-117(105)131-121)71-113(129(115)123)77-46-42-75(43-47-77)102-63-87-25-18-54-125-119(87)100-31-14-13-30-98(100)102/h1-71H. The molecule has 131 heavy (non-hydrogen) atoms. The highest BCUT2D eigenvalue weighted by Gasteiger charge is 2.47. The fourth-order valence-electron chi connectivity index (χ4n) is 22.5. The molecule has 604 valence electrons. The van der Waals surface area contributed by atoms with Gasteiger partial charge in [0.05, 0.1) is 53.8 Å². The zero-order valence-electron chi connectivity index (χ0n) is 70.5. The van der Waals surface area contributed by atoms with Crippen molar-refractivity contribution in [2.24, 2.45) is 0 Å². The van der Waals surface area contributed by atoms with Crippen molar-refractivity contribution in [3.63, 3.8) is 0 Å². The quantitative estimate of drug-likeness (QED) is 0.107. The van der Waals surface area contributed by atoms with E-state index in [9.17, 15) is 0 Å². The fourth-order valence-corrected chi connectivity index (χ4v) is 24.9. The van der Waals surface area contributed by atoms with Gasteiger partial charge in [-0.2, -0.15) is 0 Å². The Hall–Kier alpha value is -16.6. The van der Waals surface area contributed by atoms with Crippen LogP contribution in [0.3, 0.4) is 0 Å². The van der Waals surface area contributed by atoms with Crippen molar-refractivity contribution in [3.8, 4) is 89.3 Å². The third kappa shape index (κ3) is 10.8. The molecule has 5 nitrogen and oxygen atoms in total. The zero-order chi connectivity index (χ0) is 85.4. The van der Waals surface area contributed by atoms with E-state index in [2.05, 4.69) is 427 Å². The second-order valence-corrected chi connectivity index (χ2v) is 37.7. The highest BCUT2D eigenvalue weighted by atomic mass is 32.1. The molecule has 0 saturated heterocycles. The summed E-state index contributed by atoms with van der Waals surface area (Å²) in [5.74, 6) is 0. The van der Waals surface area contributed by atoms with Crippen molar-refractivity contribution in [3.05, 3.63) is 453 Å². The molecule has 7 heteroatoms. The van der Waals surface area contributed by atoms with E-state index in [-0.39, 0.29) is 0 Å². The van der Waals surface area contributed by atoms with Gasteiger partial charge in [0.1, 0.15) is 0 Å². The Balaban J connectivity index is 0.581. The molecule has 0 fully saturated rings. The monoisotopic (exact) mass is 1690 g/mol. The Kier molecular flexibility index (Phi) is 15.4. The highest BCUT2D eigenvalue weighted by molar-refractivity contribution is 7.27. The summed E-state index contributed by atoms with van der Waals surface area (Å²) in [5.41, 5.74) is 30.3. The van der Waals surface area contributed by atoms with Crippen LogP contribution in [0.15, 0.2) is 431 Å². The van der Waals surface area contributed by atoms with Crippen molar-refractivity contribution in [1.29, 1.82) is 0 Å². The SMILES string of the molecule is c1ccc(C2(c3ccccc3)c3ccccc3-c3c(-c4ccc(-c5ccc(-c6ccc(-c7cc8c9cc%10ccccc%10cc9sc8c8nc9cc%10cc%11ccccc%11cc%10cc9n78)cc6)c6cc(-c7ccc8cc9cc%10c(cc9cc8c7)nc7c8sc9cc%11ccccc%11cc9c8cc(-c8ccc(-c9cc%11cccnc%11c%11ccccc9%11)cc8)n%107)ccc56)cc4)cccc32)cc1. The summed E-state index contributed by atoms with van der Waals surface area (Å²) < 4.78 is 9.74. The molecule has 0 N–H and O–H groups in total. The lowest BCUT2D eigenvalue weighted by atomic mass is 9.67. The minimum absolute atomic E-state index is 0.504. The van der Waals surface area contributed by atoms with Crippen LogP contribution >= 0.6 is 22.7 Å². The van der Waals surface area contributed by atoms with Crippen LogP contribution < -0.4 is 0 Å². The van der Waals surface area contributed by atoms with Crippen molar-refractivity contribution < 1.29 is 0 Å². The molecule has 0 spiro atoms. The van der Waals surface area contributed by atoms with E-state index in [0.29, 0.717) is 0 Å². The van der Waals surface area contributed by atoms with E-state index in [1.165, 1.54) is 166 Å². The first-order valence-corrected chi connectivity index (χ1v) is 46.6. The molecule has 0 radical (unpaired) electrons. The Bertz CT molecular complexity index is 9790. The van der Waals surface area contributed by atoms with Crippen molar-refractivity contribution in [1.82, 2.24) is 23.8 Å². The number of thiophene rings is 2. The smallest absolute Gasteiger partial charge is 0.156 e. The second-order valence-electron chi connectivity index (χ2n) is 35.6. The lowest BCUT2D eigenvalue weighted by Crippen LogP contribution is -2.28. The summed E-state index contributed by atoms with van der Waals surface area (Å²) in [4.78, 5) is 16.2. The van der Waals surface area contributed by atoms with E-state index in [4.69, 9.17) is 15.0 Å². The van der Waals surface area contributed by atoms with Gasteiger partial charge >= 0.3 is 0 Å². The molecule has 29 rings (SSSR count). The summed E-state index contributed by atoms with van der Waals surface area (Å²) in [6.07, 6.45) is 1.89. The highest BCUT2D eigenvalue weighted by Crippen LogP contribution is 2.59. The predicted molar refractivity (Wildman–Crippen MR) is 555 cm³/mol. The molecule has 0 saturated carbocycles. The molecule has 0 unspecified atom stereocenters. The summed E-state index contributed by atoms with van der Waals surface area (Å²) in [6.45, 7) is 0. The van der Waals surface area contributed by atoms with Gasteiger partial charge in [0.2, 0.25) is 0 Å². The number of rotatable bonds is 9. The van der Waals surface area contributed by atoms with Gasteiger partial charge in [-0.3, -0.25) is 13.8 Å². The third-order valence-corrected chi connectivity index (χ3v) is 30.9. The predicted octanol–water partition coefficient (Wildman–Crippen LogP) is 33.8. The minimum Gasteiger partial charge on any atom is -0.291 e. The summed E-state index contributed by atoms with van der Waals surface area (Å²) in [5, 5.41) is 25.2. The Morgan fingerprint density at radius 2 is 0.634 bits per heavy atom. The molecule has 7 aromatic heterocycles. The number of nitrogens with zero attached hydrogens (tertiary/aromatic N) is 5. The summed E-state index contributed by atoms with van der Waals surface area (Å²) in [7, 11) is 0. The van der Waals surface area contributed by atoms with Gasteiger partial charge < -0.3 is 0 Å². The Morgan fingerprint density at radius 1 is 0.221 bits per heavy atom. The Labute approximate surface area is 759 Å². The fraction of sp³-hybridized carbons (Fsp3) is 0.00806. The maximum absolute atomic E-state index is 5.72. The van der Waals surface area contributed by atoms with Gasteiger partial charge in [-0.25, -0.2) is 9.97 Å². The van der Waals surface area contributed by atoms with Crippen LogP contribution in [0.25, 0.3) is 260 Å². The van der Waals surface area contributed by atoms with Crippen molar-refractivity contribution in [2.45, 2.75) is 5.41 Å². The van der Waals surface area contributed by atoms with Crippen LogP contribution in [0.5, 0.6) is 0 Å². The maximum atomic E-state index is 5.72. The number of fused-ring (bicyclic) bond motifs is 27. The number of hydrogen-bond acceptors (Lipinski definition) is 5. The first kappa shape index (κ1) is 72.6. The molecule has 0 aliphatic heterocycles. The topological polar surface area (TPSA) is 47.5 Å². The normalized spacial score (nSPS) is 12.8. The molecule has 1 aliphatic carbocycles. The first-order valence-electron chi connectivity index (χ1n) is 45.0. The van der Waals surface area contributed by atoms with Crippen LogP contribution in [0.4, 0.5) is 0 Å². The van der Waals surface area contributed by atoms with Gasteiger partial charge in [0, 0.05) is 47.9 Å². The molecule has 0 bridgehead atoms. The first-order chi connectivity index (χ1) is 64.8. The number of hydrogen-bond donors (Lipinski definition) is 0. The van der Waals surface area contributed by atoms with Crippen LogP contribution in [0.2, 0.25) is 0 Å². The molecule has 0 amide bonds. The van der Waals surface area contributed by atoms with Crippen LogP contribution in [-0.4, -0.2) is 23.8 Å². The number of pyridine rings is 3. The third-order valence-electron chi connectivity index (χ3n) is 28.6. The van der Waals surface area contributed by atoms with E-state index >= 15 is 0 Å². The Morgan fingerprint density at radius 3 is 1.21 bits per heavy atom. The van der Waals surface area contributed by atoms with Gasteiger partial charge in [-0.15, -0.1) is 22.7 Å². The molecule has 0 atom stereocenters. The van der Waals surface area contributed by atoms with E-state index in [1.807, 2.05) is 34.9 Å². The lowest BCUT2D eigenvalue weighted by Gasteiger charge is -2.34. The van der Waals surface area contributed by atoms with Crippen LogP contribution in [0.1, 0.15) is 22.3 Å². The average molecular weight is 1700 g/mol. The lowest BCUT2D eigenvalue weighted by molar-refractivity contribution is 0.768. The van der Waals surface area contributed by atoms with Gasteiger partial charge in [0.15, 0.2) is 11.3 Å². The second kappa shape index (κ2) is 27.7. The van der Waals surface area contributed by atoms with Crippen molar-refractivity contribution >= 4 is 193 Å². The van der Waals surface area contributed by atoms with E-state index in [1.54, 1.807) is 0 Å². The largest absolute Gasteiger partial charge is 0.291 e. The molecular weight excluding hydrogens is 1620 g/mol. The molecule has 7 heterocycles. The van der Waals surface area contributed by atoms with Gasteiger partial charge in [-0.1, -0.05) is 315 Å². The zero-order valence-corrected chi connectivity index (χ0v) is 72.2. The van der Waals surface area contributed by atoms with Gasteiger partial charge in [0.25, 0.3) is 0 Å². The van der Waals surface area contributed by atoms with Gasteiger partial charge in [-0.05, 0) is 290 Å². The maximum Gasteiger partial charge on any atom is 0.156 e. The van der Waals surface area contributed by atoms with Crippen molar-refractivity contribution in [2.75, 3.05) is 0 Å². The van der Waals surface area contributed by atoms with E-state index in [0.717, 1.165) is 116 Å². The van der Waals surface area contributed by atoms with Crippen LogP contribution in [-0.2, 0) is 5.41 Å². The average Bonchev–Trinajstić information content (AvgIpc) is 1.53. The molecule has 21 aromatic carbocycles. The number of imidazole rings is 2. The molecular formula is C124H71N5S2. The van der Waals surface area contributed by atoms with E-state index < -0.39 is 5.41 Å². The minimum atomic E-state index is -0.504. The number of benzene rings is 21. The molecule has 1 aliphatic rings. The molecule has 28 aromatic rings. The summed E-state index contributed by atoms with van der Waals surface area (Å²) >= 11 is 3.69. The summed E-state index contributed by atoms with van der Waals surface area (Å²) in [6, 6.07) is 160. The number of aromatic nitrogens is 5.